The lowest BCUT2D eigenvalue weighted by atomic mass is 9.99. The van der Waals surface area contributed by atoms with Crippen LogP contribution in [0.15, 0.2) is 71.0 Å². The molecule has 0 aliphatic carbocycles. The third kappa shape index (κ3) is 5.91. The number of rotatable bonds is 9. The van der Waals surface area contributed by atoms with Crippen LogP contribution in [0.3, 0.4) is 0 Å². The normalized spacial score (nSPS) is 12.8. The van der Waals surface area contributed by atoms with E-state index in [1.807, 2.05) is 24.6 Å². The zero-order valence-electron chi connectivity index (χ0n) is 19.3. The molecule has 1 N–H and O–H groups in total. The van der Waals surface area contributed by atoms with Crippen LogP contribution in [0.4, 0.5) is 4.39 Å². The molecule has 0 radical (unpaired) electrons. The van der Waals surface area contributed by atoms with E-state index in [1.165, 1.54) is 17.7 Å². The van der Waals surface area contributed by atoms with Crippen LogP contribution in [0.5, 0.6) is 0 Å². The van der Waals surface area contributed by atoms with Crippen molar-refractivity contribution in [1.29, 1.82) is 0 Å². The van der Waals surface area contributed by atoms with E-state index >= 15 is 0 Å². The lowest BCUT2D eigenvalue weighted by molar-refractivity contribution is -0.116. The summed E-state index contributed by atoms with van der Waals surface area (Å²) in [4.78, 5) is 19.0. The number of Topliss-reactive ketones (excluding diaryl/α,β-unsaturated/α-hetero) is 1. The third-order valence-electron chi connectivity index (χ3n) is 5.62. The minimum atomic E-state index is -0.242. The molecule has 0 bridgehead atoms. The number of aryl methyl sites for hydroxylation is 1. The summed E-state index contributed by atoms with van der Waals surface area (Å²) < 4.78 is 13.5. The van der Waals surface area contributed by atoms with E-state index in [0.717, 1.165) is 58.1 Å². The van der Waals surface area contributed by atoms with Gasteiger partial charge in [-0.05, 0) is 74.1 Å². The van der Waals surface area contributed by atoms with Crippen molar-refractivity contribution in [3.05, 3.63) is 83.0 Å². The highest BCUT2D eigenvalue weighted by Gasteiger charge is 2.08. The van der Waals surface area contributed by atoms with Crippen molar-refractivity contribution in [2.24, 2.45) is 4.99 Å². The van der Waals surface area contributed by atoms with E-state index < -0.39 is 0 Å². The van der Waals surface area contributed by atoms with Gasteiger partial charge < -0.3 is 4.98 Å². The van der Waals surface area contributed by atoms with Gasteiger partial charge in [0.2, 0.25) is 0 Å². The quantitative estimate of drug-likeness (QED) is 0.274. The monoisotopic (exact) mass is 430 g/mol. The standard InChI is InChI=1S/C28H31FN2O/c1-5-8-22(10-7-6-9-20(3)32)21(4)30-17-24-12-11-23(15-19(24)2)27-18-31-28-16-25(29)13-14-26(27)28/h6-7,11-18,31H,5,8-10H2,1-4H3/b7-6+,22-21?,30-17?. The SMILES string of the molecule is CCCC(C/C=C/CC(C)=O)=C(C)N=Cc1ccc(-c2c[nH]c3cc(F)ccc23)cc1C. The highest BCUT2D eigenvalue weighted by molar-refractivity contribution is 5.96. The molecule has 2 aromatic carbocycles. The van der Waals surface area contributed by atoms with Gasteiger partial charge in [0.1, 0.15) is 11.6 Å². The molecule has 0 aliphatic rings. The molecule has 3 rings (SSSR count). The predicted octanol–water partition coefficient (Wildman–Crippen LogP) is 7.70. The van der Waals surface area contributed by atoms with E-state index in [-0.39, 0.29) is 11.6 Å². The Morgan fingerprint density at radius 3 is 2.59 bits per heavy atom. The van der Waals surface area contributed by atoms with Gasteiger partial charge >= 0.3 is 0 Å². The minimum absolute atomic E-state index is 0.177. The topological polar surface area (TPSA) is 45.2 Å². The van der Waals surface area contributed by atoms with Crippen molar-refractivity contribution in [3.8, 4) is 11.1 Å². The van der Waals surface area contributed by atoms with Gasteiger partial charge in [-0.3, -0.25) is 9.79 Å². The number of aliphatic imine (C=N–C) groups is 1. The highest BCUT2D eigenvalue weighted by Crippen LogP contribution is 2.30. The van der Waals surface area contributed by atoms with Crippen LogP contribution in [-0.4, -0.2) is 17.0 Å². The Hall–Kier alpha value is -3.27. The second-order valence-electron chi connectivity index (χ2n) is 8.24. The molecule has 4 heteroatoms. The number of halogens is 1. The van der Waals surface area contributed by atoms with Crippen molar-refractivity contribution in [1.82, 2.24) is 4.98 Å². The first kappa shape index (κ1) is 23.4. The van der Waals surface area contributed by atoms with Crippen LogP contribution in [0, 0.1) is 12.7 Å². The first-order valence-electron chi connectivity index (χ1n) is 11.1. The predicted molar refractivity (Wildman–Crippen MR) is 133 cm³/mol. The van der Waals surface area contributed by atoms with Crippen molar-refractivity contribution in [2.45, 2.75) is 53.4 Å². The van der Waals surface area contributed by atoms with Gasteiger partial charge in [0.25, 0.3) is 0 Å². The minimum Gasteiger partial charge on any atom is -0.360 e. The molecule has 0 saturated carbocycles. The molecule has 0 saturated heterocycles. The molecule has 0 spiro atoms. The van der Waals surface area contributed by atoms with Crippen LogP contribution in [0.1, 0.15) is 57.6 Å². The summed E-state index contributed by atoms with van der Waals surface area (Å²) in [6.07, 6.45) is 11.2. The molecule has 0 aliphatic heterocycles. The van der Waals surface area contributed by atoms with Crippen LogP contribution in [-0.2, 0) is 4.79 Å². The van der Waals surface area contributed by atoms with Gasteiger partial charge in [-0.15, -0.1) is 0 Å². The summed E-state index contributed by atoms with van der Waals surface area (Å²) in [5, 5.41) is 1.01. The average Bonchev–Trinajstić information content (AvgIpc) is 3.17. The lowest BCUT2D eigenvalue weighted by Crippen LogP contribution is -1.91. The van der Waals surface area contributed by atoms with E-state index in [4.69, 9.17) is 4.99 Å². The van der Waals surface area contributed by atoms with Gasteiger partial charge in [0.15, 0.2) is 0 Å². The summed E-state index contributed by atoms with van der Waals surface area (Å²) in [5.41, 5.74) is 7.48. The maximum Gasteiger partial charge on any atom is 0.133 e. The fourth-order valence-electron chi connectivity index (χ4n) is 3.79. The van der Waals surface area contributed by atoms with Gasteiger partial charge in [-0.25, -0.2) is 4.39 Å². The number of carbonyl (C=O) groups excluding carboxylic acids is 1. The second kappa shape index (κ2) is 10.9. The molecule has 1 aromatic heterocycles. The number of carbonyl (C=O) groups is 1. The third-order valence-corrected chi connectivity index (χ3v) is 5.62. The Morgan fingerprint density at radius 2 is 1.88 bits per heavy atom. The largest absolute Gasteiger partial charge is 0.360 e. The molecule has 3 nitrogen and oxygen atoms in total. The van der Waals surface area contributed by atoms with Crippen molar-refractivity contribution in [2.75, 3.05) is 0 Å². The Kier molecular flexibility index (Phi) is 7.93. The number of allylic oxidation sites excluding steroid dienone is 4. The Balaban J connectivity index is 1.81. The average molecular weight is 431 g/mol. The Morgan fingerprint density at radius 1 is 1.09 bits per heavy atom. The Labute approximate surface area is 189 Å². The van der Waals surface area contributed by atoms with Gasteiger partial charge in [-0.2, -0.15) is 0 Å². The molecule has 0 unspecified atom stereocenters. The molecule has 166 valence electrons. The number of aromatic nitrogens is 1. The lowest BCUT2D eigenvalue weighted by Gasteiger charge is -2.07. The number of benzene rings is 2. The molecule has 0 atom stereocenters. The maximum atomic E-state index is 13.5. The maximum absolute atomic E-state index is 13.5. The van der Waals surface area contributed by atoms with Gasteiger partial charge in [0.05, 0.1) is 0 Å². The first-order valence-corrected chi connectivity index (χ1v) is 11.1. The fourth-order valence-corrected chi connectivity index (χ4v) is 3.79. The molecular weight excluding hydrogens is 399 g/mol. The number of nitrogens with zero attached hydrogens (tertiary/aromatic N) is 1. The highest BCUT2D eigenvalue weighted by atomic mass is 19.1. The number of ketones is 1. The molecular formula is C28H31FN2O. The summed E-state index contributed by atoms with van der Waals surface area (Å²) in [7, 11) is 0. The van der Waals surface area contributed by atoms with Crippen LogP contribution in [0.25, 0.3) is 22.0 Å². The summed E-state index contributed by atoms with van der Waals surface area (Å²) in [6, 6.07) is 11.1. The number of hydrogen-bond acceptors (Lipinski definition) is 2. The second-order valence-corrected chi connectivity index (χ2v) is 8.24. The number of aromatic amines is 1. The van der Waals surface area contributed by atoms with Gasteiger partial charge in [0, 0.05) is 41.0 Å². The summed E-state index contributed by atoms with van der Waals surface area (Å²) in [6.45, 7) is 7.90. The van der Waals surface area contributed by atoms with E-state index in [1.54, 1.807) is 6.92 Å². The molecule has 0 amide bonds. The first-order chi connectivity index (χ1) is 15.4. The van der Waals surface area contributed by atoms with Crippen LogP contribution in [0.2, 0.25) is 0 Å². The summed E-state index contributed by atoms with van der Waals surface area (Å²) in [5.74, 6) is -0.0652. The number of H-pyrrole nitrogens is 1. The van der Waals surface area contributed by atoms with E-state index in [2.05, 4.69) is 50.0 Å². The molecule has 32 heavy (non-hydrogen) atoms. The molecule has 1 heterocycles. The van der Waals surface area contributed by atoms with E-state index in [9.17, 15) is 9.18 Å². The van der Waals surface area contributed by atoms with Crippen LogP contribution >= 0.6 is 0 Å². The van der Waals surface area contributed by atoms with Crippen molar-refractivity contribution >= 4 is 22.9 Å². The van der Waals surface area contributed by atoms with Crippen LogP contribution < -0.4 is 0 Å². The smallest absolute Gasteiger partial charge is 0.133 e. The number of fused-ring (bicyclic) bond motifs is 1. The molecule has 0 fully saturated rings. The van der Waals surface area contributed by atoms with Crippen molar-refractivity contribution in [3.63, 3.8) is 0 Å². The Bertz CT molecular complexity index is 1200. The molecule has 3 aromatic rings. The van der Waals surface area contributed by atoms with Gasteiger partial charge in [-0.1, -0.05) is 43.7 Å². The number of hydrogen-bond donors (Lipinski definition) is 1. The van der Waals surface area contributed by atoms with Crippen molar-refractivity contribution < 1.29 is 9.18 Å². The number of nitrogens with one attached hydrogen (secondary N) is 1. The van der Waals surface area contributed by atoms with E-state index in [0.29, 0.717) is 6.42 Å². The zero-order valence-corrected chi connectivity index (χ0v) is 19.3. The summed E-state index contributed by atoms with van der Waals surface area (Å²) >= 11 is 0. The fraction of sp³-hybridized carbons (Fsp3) is 0.286. The zero-order chi connectivity index (χ0) is 23.1.